The first-order valence-electron chi connectivity index (χ1n) is 6.61. The van der Waals surface area contributed by atoms with Gasteiger partial charge in [-0.25, -0.2) is 4.39 Å². The molecule has 1 atom stereocenters. The van der Waals surface area contributed by atoms with E-state index >= 15 is 0 Å². The van der Waals surface area contributed by atoms with Gasteiger partial charge in [0.25, 0.3) is 0 Å². The number of rotatable bonds is 4. The summed E-state index contributed by atoms with van der Waals surface area (Å²) < 4.78 is 18.9. The highest BCUT2D eigenvalue weighted by molar-refractivity contribution is 5.40. The molecule has 0 spiro atoms. The number of nitriles is 1. The number of nitrogens with zero attached hydrogens (tertiary/aromatic N) is 1. The number of aliphatic hydroxyl groups is 1. The van der Waals surface area contributed by atoms with E-state index in [9.17, 15) is 9.50 Å². The fourth-order valence-corrected chi connectivity index (χ4v) is 2.07. The van der Waals surface area contributed by atoms with Gasteiger partial charge < -0.3 is 9.84 Å². The molecule has 0 aliphatic rings. The Morgan fingerprint density at radius 3 is 2.71 bits per heavy atom. The van der Waals surface area contributed by atoms with Gasteiger partial charge in [0, 0.05) is 11.1 Å². The van der Waals surface area contributed by atoms with Gasteiger partial charge in [0.05, 0.1) is 17.7 Å². The molecule has 0 aliphatic carbocycles. The Bertz CT molecular complexity index is 690. The smallest absolute Gasteiger partial charge is 0.125 e. The maximum absolute atomic E-state index is 13.3. The maximum Gasteiger partial charge on any atom is 0.125 e. The van der Waals surface area contributed by atoms with E-state index in [0.717, 1.165) is 5.56 Å². The lowest BCUT2D eigenvalue weighted by Crippen LogP contribution is -2.03. The topological polar surface area (TPSA) is 53.2 Å². The molecule has 0 bridgehead atoms. The molecular formula is C17H16FNO2. The molecule has 2 rings (SSSR count). The van der Waals surface area contributed by atoms with Crippen LogP contribution in [0.3, 0.4) is 0 Å². The Labute approximate surface area is 123 Å². The van der Waals surface area contributed by atoms with Crippen molar-refractivity contribution >= 4 is 0 Å². The highest BCUT2D eigenvalue weighted by atomic mass is 19.1. The van der Waals surface area contributed by atoms with Gasteiger partial charge >= 0.3 is 0 Å². The van der Waals surface area contributed by atoms with E-state index in [1.54, 1.807) is 13.0 Å². The molecule has 0 aliphatic heterocycles. The molecule has 4 heteroatoms. The van der Waals surface area contributed by atoms with Crippen LogP contribution < -0.4 is 4.74 Å². The summed E-state index contributed by atoms with van der Waals surface area (Å²) in [6.45, 7) is 3.66. The van der Waals surface area contributed by atoms with Gasteiger partial charge in [-0.1, -0.05) is 11.6 Å². The molecule has 0 saturated carbocycles. The van der Waals surface area contributed by atoms with Crippen LogP contribution in [0.15, 0.2) is 36.4 Å². The summed E-state index contributed by atoms with van der Waals surface area (Å²) in [4.78, 5) is 0. The van der Waals surface area contributed by atoms with Crippen LogP contribution in [-0.2, 0) is 6.61 Å². The van der Waals surface area contributed by atoms with Crippen molar-refractivity contribution in [2.45, 2.75) is 26.6 Å². The zero-order valence-corrected chi connectivity index (χ0v) is 11.9. The number of halogens is 1. The number of hydrogen-bond acceptors (Lipinski definition) is 3. The van der Waals surface area contributed by atoms with Crippen LogP contribution in [0.4, 0.5) is 4.39 Å². The van der Waals surface area contributed by atoms with Crippen molar-refractivity contribution in [1.29, 1.82) is 5.26 Å². The van der Waals surface area contributed by atoms with E-state index in [-0.39, 0.29) is 6.61 Å². The lowest BCUT2D eigenvalue weighted by molar-refractivity contribution is 0.190. The quantitative estimate of drug-likeness (QED) is 0.933. The second kappa shape index (κ2) is 6.38. The molecule has 0 fully saturated rings. The highest BCUT2D eigenvalue weighted by Gasteiger charge is 2.11. The Balaban J connectivity index is 2.25. The van der Waals surface area contributed by atoms with Crippen molar-refractivity contribution in [3.63, 3.8) is 0 Å². The van der Waals surface area contributed by atoms with Crippen LogP contribution in [0, 0.1) is 24.1 Å². The van der Waals surface area contributed by atoms with Crippen molar-refractivity contribution in [3.05, 3.63) is 64.5 Å². The number of benzene rings is 2. The molecule has 108 valence electrons. The van der Waals surface area contributed by atoms with Crippen LogP contribution in [0.1, 0.15) is 35.3 Å². The van der Waals surface area contributed by atoms with E-state index < -0.39 is 11.9 Å². The van der Waals surface area contributed by atoms with Gasteiger partial charge in [0.2, 0.25) is 0 Å². The first-order valence-corrected chi connectivity index (χ1v) is 6.61. The fourth-order valence-electron chi connectivity index (χ4n) is 2.07. The zero-order chi connectivity index (χ0) is 15.4. The minimum atomic E-state index is -0.664. The standard InChI is InChI=1S/C17H16FNO2/c1-11-3-6-17(16(7-11)12(2)20)21-10-14-8-15(18)5-4-13(14)9-19/h3-8,12,20H,10H2,1-2H3/t12-/m1/s1. The fraction of sp³-hybridized carbons (Fsp3) is 0.235. The minimum Gasteiger partial charge on any atom is -0.488 e. The Hall–Kier alpha value is -2.38. The normalized spacial score (nSPS) is 11.8. The highest BCUT2D eigenvalue weighted by Crippen LogP contribution is 2.27. The van der Waals surface area contributed by atoms with Crippen LogP contribution in [0.25, 0.3) is 0 Å². The number of aryl methyl sites for hydroxylation is 1. The van der Waals surface area contributed by atoms with Gasteiger partial charge in [-0.2, -0.15) is 5.26 Å². The summed E-state index contributed by atoms with van der Waals surface area (Å²) in [5, 5.41) is 18.8. The third-order valence-corrected chi connectivity index (χ3v) is 3.19. The predicted octanol–water partition coefficient (Wildman–Crippen LogP) is 3.64. The molecular weight excluding hydrogens is 269 g/mol. The molecule has 2 aromatic carbocycles. The van der Waals surface area contributed by atoms with E-state index in [0.29, 0.717) is 22.4 Å². The second-order valence-electron chi connectivity index (χ2n) is 4.92. The van der Waals surface area contributed by atoms with Crippen LogP contribution in [0.2, 0.25) is 0 Å². The largest absolute Gasteiger partial charge is 0.488 e. The molecule has 0 aromatic heterocycles. The lowest BCUT2D eigenvalue weighted by atomic mass is 10.1. The van der Waals surface area contributed by atoms with Gasteiger partial charge in [-0.3, -0.25) is 0 Å². The molecule has 0 saturated heterocycles. The summed E-state index contributed by atoms with van der Waals surface area (Å²) in [7, 11) is 0. The second-order valence-corrected chi connectivity index (χ2v) is 4.92. The van der Waals surface area contributed by atoms with Crippen molar-refractivity contribution < 1.29 is 14.2 Å². The first kappa shape index (κ1) is 15.0. The molecule has 0 unspecified atom stereocenters. The van der Waals surface area contributed by atoms with Crippen molar-refractivity contribution in [3.8, 4) is 11.8 Å². The average Bonchev–Trinajstić information content (AvgIpc) is 2.46. The predicted molar refractivity (Wildman–Crippen MR) is 77.3 cm³/mol. The summed E-state index contributed by atoms with van der Waals surface area (Å²) >= 11 is 0. The monoisotopic (exact) mass is 285 g/mol. The summed E-state index contributed by atoms with van der Waals surface area (Å²) in [5.74, 6) is 0.121. The Morgan fingerprint density at radius 2 is 2.05 bits per heavy atom. The zero-order valence-electron chi connectivity index (χ0n) is 11.9. The van der Waals surface area contributed by atoms with Gasteiger partial charge in [-0.05, 0) is 44.2 Å². The van der Waals surface area contributed by atoms with E-state index in [1.807, 2.05) is 25.1 Å². The molecule has 0 amide bonds. The van der Waals surface area contributed by atoms with E-state index in [1.165, 1.54) is 18.2 Å². The van der Waals surface area contributed by atoms with Gasteiger partial charge in [0.15, 0.2) is 0 Å². The SMILES string of the molecule is Cc1ccc(OCc2cc(F)ccc2C#N)c([C@@H](C)O)c1. The molecule has 21 heavy (non-hydrogen) atoms. The molecule has 1 N–H and O–H groups in total. The van der Waals surface area contributed by atoms with Crippen molar-refractivity contribution in [1.82, 2.24) is 0 Å². The summed E-state index contributed by atoms with van der Waals surface area (Å²) in [5.41, 5.74) is 2.54. The third kappa shape index (κ3) is 3.59. The lowest BCUT2D eigenvalue weighted by Gasteiger charge is -2.15. The molecule has 0 radical (unpaired) electrons. The molecule has 3 nitrogen and oxygen atoms in total. The van der Waals surface area contributed by atoms with Crippen LogP contribution in [-0.4, -0.2) is 5.11 Å². The summed E-state index contributed by atoms with van der Waals surface area (Å²) in [6, 6.07) is 11.5. The third-order valence-electron chi connectivity index (χ3n) is 3.19. The number of hydrogen-bond donors (Lipinski definition) is 1. The van der Waals surface area contributed by atoms with Crippen LogP contribution in [0.5, 0.6) is 5.75 Å². The Kier molecular flexibility index (Phi) is 4.56. The van der Waals surface area contributed by atoms with Crippen LogP contribution >= 0.6 is 0 Å². The summed E-state index contributed by atoms with van der Waals surface area (Å²) in [6.07, 6.45) is -0.664. The molecule has 0 heterocycles. The van der Waals surface area contributed by atoms with E-state index in [2.05, 4.69) is 0 Å². The Morgan fingerprint density at radius 1 is 1.29 bits per heavy atom. The van der Waals surface area contributed by atoms with E-state index in [4.69, 9.17) is 10.00 Å². The van der Waals surface area contributed by atoms with Gasteiger partial charge in [-0.15, -0.1) is 0 Å². The minimum absolute atomic E-state index is 0.0729. The van der Waals surface area contributed by atoms with Gasteiger partial charge in [0.1, 0.15) is 18.2 Å². The van der Waals surface area contributed by atoms with Crippen molar-refractivity contribution in [2.24, 2.45) is 0 Å². The first-order chi connectivity index (χ1) is 10.0. The number of aliphatic hydroxyl groups excluding tert-OH is 1. The maximum atomic E-state index is 13.3. The number of ether oxygens (including phenoxy) is 1. The average molecular weight is 285 g/mol. The molecule has 2 aromatic rings. The van der Waals surface area contributed by atoms with Crippen molar-refractivity contribution in [2.75, 3.05) is 0 Å².